The van der Waals surface area contributed by atoms with Crippen LogP contribution >= 0.6 is 0 Å². The van der Waals surface area contributed by atoms with Crippen molar-refractivity contribution in [1.29, 1.82) is 0 Å². The van der Waals surface area contributed by atoms with Crippen LogP contribution in [-0.2, 0) is 11.8 Å². The fourth-order valence-electron chi connectivity index (χ4n) is 10.6. The molecule has 2 unspecified atom stereocenters. The Balaban J connectivity index is 0.955. The average molecular weight is 831 g/mol. The number of nitrogens with zero attached hydrogens (tertiary/aromatic N) is 2. The van der Waals surface area contributed by atoms with Gasteiger partial charge in [-0.3, -0.25) is 0 Å². The van der Waals surface area contributed by atoms with E-state index in [-0.39, 0.29) is 11.6 Å². The molecule has 11 rings (SSSR count). The quantitative estimate of drug-likeness (QED) is 0.147. The molecule has 8 aromatic carbocycles. The largest absolute Gasteiger partial charge is 0.455 e. The maximum absolute atomic E-state index is 6.70. The molecular formula is C60H52N3O+. The number of furan rings is 1. The van der Waals surface area contributed by atoms with Gasteiger partial charge in [0.25, 0.3) is 5.84 Å². The topological polar surface area (TPSA) is 40.5 Å². The molecule has 0 saturated carbocycles. The van der Waals surface area contributed by atoms with Crippen LogP contribution < -0.4 is 5.32 Å². The first-order valence-electron chi connectivity index (χ1n) is 22.7. The van der Waals surface area contributed by atoms with Gasteiger partial charge >= 0.3 is 0 Å². The lowest BCUT2D eigenvalue weighted by Crippen LogP contribution is -2.43. The van der Waals surface area contributed by atoms with Gasteiger partial charge in [0, 0.05) is 32.9 Å². The second-order valence-electron chi connectivity index (χ2n) is 18.1. The van der Waals surface area contributed by atoms with Crippen molar-refractivity contribution in [3.8, 4) is 33.4 Å². The minimum Gasteiger partial charge on any atom is -0.455 e. The van der Waals surface area contributed by atoms with Crippen LogP contribution in [0.25, 0.3) is 55.3 Å². The maximum atomic E-state index is 6.70. The fourth-order valence-corrected chi connectivity index (χ4v) is 10.6. The number of para-hydroxylation sites is 1. The van der Waals surface area contributed by atoms with Crippen LogP contribution in [0.2, 0.25) is 0 Å². The van der Waals surface area contributed by atoms with Gasteiger partial charge in [-0.1, -0.05) is 166 Å². The highest BCUT2D eigenvalue weighted by atomic mass is 16.3. The summed E-state index contributed by atoms with van der Waals surface area (Å²) in [5, 5.41) is 5.96. The van der Waals surface area contributed by atoms with Crippen molar-refractivity contribution in [2.75, 3.05) is 7.05 Å². The number of benzene rings is 8. The summed E-state index contributed by atoms with van der Waals surface area (Å²) in [5.41, 5.74) is 19.5. The molecule has 64 heavy (non-hydrogen) atoms. The van der Waals surface area contributed by atoms with Gasteiger partial charge in [0.15, 0.2) is 0 Å². The summed E-state index contributed by atoms with van der Waals surface area (Å²) >= 11 is 0. The minimum atomic E-state index is -0.256. The van der Waals surface area contributed by atoms with Crippen LogP contribution in [0.5, 0.6) is 0 Å². The van der Waals surface area contributed by atoms with Gasteiger partial charge < -0.3 is 4.42 Å². The second kappa shape index (κ2) is 15.8. The summed E-state index contributed by atoms with van der Waals surface area (Å²) in [7, 11) is 2.15. The highest BCUT2D eigenvalue weighted by molar-refractivity contribution is 6.16. The van der Waals surface area contributed by atoms with Crippen molar-refractivity contribution >= 4 is 33.6 Å². The zero-order valence-corrected chi connectivity index (χ0v) is 37.2. The molecule has 0 spiro atoms. The molecule has 2 aliphatic rings. The molecule has 1 aromatic heterocycles. The van der Waals surface area contributed by atoms with Gasteiger partial charge in [0.2, 0.25) is 12.0 Å². The molecule has 0 fully saturated rings. The molecule has 1 aliphatic heterocycles. The average Bonchev–Trinajstić information content (AvgIpc) is 3.83. The van der Waals surface area contributed by atoms with E-state index in [4.69, 9.17) is 9.41 Å². The van der Waals surface area contributed by atoms with Gasteiger partial charge in [0.1, 0.15) is 11.2 Å². The molecule has 2 atom stereocenters. The highest BCUT2D eigenvalue weighted by Gasteiger charge is 2.37. The van der Waals surface area contributed by atoms with Crippen LogP contribution in [0.15, 0.2) is 191 Å². The summed E-state index contributed by atoms with van der Waals surface area (Å²) < 4.78 is 8.98. The van der Waals surface area contributed by atoms with Gasteiger partial charge in [0.05, 0.1) is 12.6 Å². The first-order chi connectivity index (χ1) is 31.3. The Morgan fingerprint density at radius 3 is 2.12 bits per heavy atom. The SMILES string of the molecule is CCC(Cc1ccccc1-c1ccc2c(c1C)-c1ccccc1C2(C)C)c1cccc(C2N=C(c3ccc4c(c3)oc3c(-c5ccccc5)cccc34)NC(c3ccccc3)=[N+]2C)c1. The van der Waals surface area contributed by atoms with Crippen LogP contribution in [0.3, 0.4) is 0 Å². The Morgan fingerprint density at radius 1 is 0.625 bits per heavy atom. The predicted octanol–water partition coefficient (Wildman–Crippen LogP) is 14.4. The Hall–Kier alpha value is -7.30. The molecule has 0 radical (unpaired) electrons. The summed E-state index contributed by atoms with van der Waals surface area (Å²) in [6.07, 6.45) is 1.70. The number of rotatable bonds is 9. The number of hydrogen-bond acceptors (Lipinski definition) is 3. The van der Waals surface area contributed by atoms with E-state index in [0.29, 0.717) is 5.92 Å². The van der Waals surface area contributed by atoms with E-state index < -0.39 is 0 Å². The van der Waals surface area contributed by atoms with Crippen molar-refractivity contribution < 1.29 is 8.99 Å². The van der Waals surface area contributed by atoms with E-state index in [1.165, 1.54) is 50.1 Å². The van der Waals surface area contributed by atoms with Crippen molar-refractivity contribution in [2.24, 2.45) is 4.99 Å². The van der Waals surface area contributed by atoms with Crippen LogP contribution in [0.1, 0.15) is 83.8 Å². The molecule has 1 N–H and O–H groups in total. The fraction of sp³-hybridized carbons (Fsp3) is 0.167. The molecule has 0 amide bonds. The lowest BCUT2D eigenvalue weighted by atomic mass is 9.80. The summed E-state index contributed by atoms with van der Waals surface area (Å²) in [6, 6.07) is 65.9. The van der Waals surface area contributed by atoms with E-state index in [0.717, 1.165) is 74.3 Å². The first-order valence-corrected chi connectivity index (χ1v) is 22.7. The predicted molar refractivity (Wildman–Crippen MR) is 266 cm³/mol. The molecule has 2 heterocycles. The standard InChI is InChI=1S/C60H51N3O/c1-6-39(35-43-23-13-14-26-47(43)46-33-34-53-55(38(46)2)51-27-15-16-30-52(51)60(53,3)4)42-24-17-25-45(36-42)59-62-57(61-58(63(59)5)41-21-11-8-12-22-41)44-31-32-49-50-29-18-28-48(40-19-9-7-10-20-40)56(50)64-54(49)37-44/h7-34,36-37,39,59H,6,35H2,1-5H3/p+1. The summed E-state index contributed by atoms with van der Waals surface area (Å²) in [6.45, 7) is 9.37. The summed E-state index contributed by atoms with van der Waals surface area (Å²) in [5.74, 6) is 2.14. The lowest BCUT2D eigenvalue weighted by Gasteiger charge is -2.24. The van der Waals surface area contributed by atoms with Crippen molar-refractivity contribution in [3.05, 3.63) is 226 Å². The van der Waals surface area contributed by atoms with E-state index in [9.17, 15) is 0 Å². The Labute approximate surface area is 376 Å². The van der Waals surface area contributed by atoms with E-state index in [1.54, 1.807) is 0 Å². The monoisotopic (exact) mass is 830 g/mol. The number of nitrogens with one attached hydrogen (secondary N) is 1. The Bertz CT molecular complexity index is 3320. The third-order valence-electron chi connectivity index (χ3n) is 14.1. The van der Waals surface area contributed by atoms with Crippen molar-refractivity contribution in [1.82, 2.24) is 5.32 Å². The van der Waals surface area contributed by atoms with Crippen molar-refractivity contribution in [2.45, 2.75) is 58.0 Å². The van der Waals surface area contributed by atoms with E-state index >= 15 is 0 Å². The molecule has 9 aromatic rings. The maximum Gasteiger partial charge on any atom is 0.285 e. The summed E-state index contributed by atoms with van der Waals surface area (Å²) in [4.78, 5) is 5.50. The van der Waals surface area contributed by atoms with Gasteiger partial charge in [-0.05, 0) is 118 Å². The normalized spacial score (nSPS) is 15.8. The molecular weight excluding hydrogens is 779 g/mol. The van der Waals surface area contributed by atoms with Gasteiger partial charge in [-0.15, -0.1) is 0 Å². The Kier molecular flexibility index (Phi) is 9.76. The third-order valence-corrected chi connectivity index (χ3v) is 14.1. The molecule has 4 heteroatoms. The van der Waals surface area contributed by atoms with Crippen LogP contribution in [0, 0.1) is 6.92 Å². The van der Waals surface area contributed by atoms with E-state index in [2.05, 4.69) is 221 Å². The molecule has 4 nitrogen and oxygen atoms in total. The number of hydrogen-bond donors (Lipinski definition) is 1. The zero-order chi connectivity index (χ0) is 43.5. The highest BCUT2D eigenvalue weighted by Crippen LogP contribution is 2.51. The second-order valence-corrected chi connectivity index (χ2v) is 18.1. The number of aliphatic imine (C=N–C) groups is 1. The number of amidine groups is 2. The molecule has 1 aliphatic carbocycles. The zero-order valence-electron chi connectivity index (χ0n) is 37.2. The van der Waals surface area contributed by atoms with Crippen LogP contribution in [-0.4, -0.2) is 23.3 Å². The smallest absolute Gasteiger partial charge is 0.285 e. The third kappa shape index (κ3) is 6.59. The molecule has 0 bridgehead atoms. The van der Waals surface area contributed by atoms with Crippen molar-refractivity contribution in [3.63, 3.8) is 0 Å². The van der Waals surface area contributed by atoms with E-state index in [1.807, 2.05) is 6.07 Å². The van der Waals surface area contributed by atoms with Gasteiger partial charge in [-0.2, -0.15) is 4.99 Å². The van der Waals surface area contributed by atoms with Crippen LogP contribution in [0.4, 0.5) is 0 Å². The lowest BCUT2D eigenvalue weighted by molar-refractivity contribution is -0.545. The minimum absolute atomic E-state index is 0.0186. The first kappa shape index (κ1) is 39.5. The number of fused-ring (bicyclic) bond motifs is 6. The molecule has 0 saturated heterocycles. The Morgan fingerprint density at radius 2 is 1.33 bits per heavy atom. The molecule has 312 valence electrons. The van der Waals surface area contributed by atoms with Gasteiger partial charge in [-0.25, -0.2) is 9.89 Å².